The van der Waals surface area contributed by atoms with Crippen LogP contribution in [0.25, 0.3) is 11.0 Å². The van der Waals surface area contributed by atoms with E-state index in [-0.39, 0.29) is 11.8 Å². The van der Waals surface area contributed by atoms with Gasteiger partial charge in [0.15, 0.2) is 0 Å². The second-order valence-corrected chi connectivity index (χ2v) is 7.25. The zero-order valence-corrected chi connectivity index (χ0v) is 15.1. The van der Waals surface area contributed by atoms with Gasteiger partial charge in [-0.25, -0.2) is 0 Å². The molecule has 6 nitrogen and oxygen atoms in total. The fourth-order valence-electron chi connectivity index (χ4n) is 4.35. The Morgan fingerprint density at radius 3 is 2.81 bits per heavy atom. The first kappa shape index (κ1) is 16.9. The normalized spacial score (nSPS) is 23.2. The average Bonchev–Trinajstić information content (AvgIpc) is 2.69. The van der Waals surface area contributed by atoms with Crippen LogP contribution in [-0.2, 0) is 4.79 Å². The first-order valence-electron chi connectivity index (χ1n) is 9.47. The molecule has 2 saturated heterocycles. The molecule has 2 unspecified atom stereocenters. The average molecular weight is 352 g/mol. The molecule has 4 rings (SSSR count). The third-order valence-corrected chi connectivity index (χ3v) is 5.61. The highest BCUT2D eigenvalue weighted by Gasteiger charge is 2.40. The van der Waals surface area contributed by atoms with Gasteiger partial charge in [0.1, 0.15) is 0 Å². The lowest BCUT2D eigenvalue weighted by molar-refractivity contribution is -0.140. The number of nitrogens with zero attached hydrogens (tertiary/aromatic N) is 4. The van der Waals surface area contributed by atoms with Gasteiger partial charge in [0.2, 0.25) is 5.91 Å². The minimum atomic E-state index is 0.0509. The number of hydrogen-bond acceptors (Lipinski definition) is 4. The van der Waals surface area contributed by atoms with E-state index in [2.05, 4.69) is 21.8 Å². The Balaban J connectivity index is 1.50. The Morgan fingerprint density at radius 2 is 2.00 bits per heavy atom. The van der Waals surface area contributed by atoms with Crippen molar-refractivity contribution in [3.63, 3.8) is 0 Å². The van der Waals surface area contributed by atoms with Crippen molar-refractivity contribution in [3.8, 4) is 0 Å². The number of piperidine rings is 2. The highest BCUT2D eigenvalue weighted by molar-refractivity contribution is 5.97. The summed E-state index contributed by atoms with van der Waals surface area (Å²) in [5.74, 6) is 0.716. The van der Waals surface area contributed by atoms with Crippen LogP contribution in [0, 0.1) is 5.92 Å². The van der Waals surface area contributed by atoms with E-state index in [0.717, 1.165) is 43.4 Å². The van der Waals surface area contributed by atoms with Gasteiger partial charge in [-0.15, -0.1) is 0 Å². The van der Waals surface area contributed by atoms with Crippen molar-refractivity contribution >= 4 is 22.8 Å². The van der Waals surface area contributed by atoms with Crippen LogP contribution in [0.5, 0.6) is 0 Å². The summed E-state index contributed by atoms with van der Waals surface area (Å²) in [5, 5.41) is 0. The third-order valence-electron chi connectivity index (χ3n) is 5.61. The number of likely N-dealkylation sites (tertiary alicyclic amines) is 2. The molecule has 3 heterocycles. The lowest BCUT2D eigenvalue weighted by atomic mass is 9.83. The largest absolute Gasteiger partial charge is 0.339 e. The van der Waals surface area contributed by atoms with Crippen LogP contribution in [-0.4, -0.2) is 57.3 Å². The number of rotatable bonds is 3. The predicted molar refractivity (Wildman–Crippen MR) is 98.6 cm³/mol. The molecule has 2 atom stereocenters. The molecule has 26 heavy (non-hydrogen) atoms. The van der Waals surface area contributed by atoms with E-state index in [4.69, 9.17) is 0 Å². The summed E-state index contributed by atoms with van der Waals surface area (Å²) < 4.78 is 0. The molecule has 2 amide bonds. The van der Waals surface area contributed by atoms with Gasteiger partial charge < -0.3 is 9.80 Å². The van der Waals surface area contributed by atoms with Gasteiger partial charge in [0.25, 0.3) is 5.91 Å². The number of amides is 2. The third kappa shape index (κ3) is 3.04. The van der Waals surface area contributed by atoms with Crippen LogP contribution >= 0.6 is 0 Å². The molecule has 2 aliphatic heterocycles. The quantitative estimate of drug-likeness (QED) is 0.851. The van der Waals surface area contributed by atoms with Gasteiger partial charge in [-0.2, -0.15) is 0 Å². The van der Waals surface area contributed by atoms with E-state index < -0.39 is 0 Å². The lowest BCUT2D eigenvalue weighted by Gasteiger charge is -2.47. The zero-order chi connectivity index (χ0) is 18.1. The number of hydrogen-bond donors (Lipinski definition) is 0. The van der Waals surface area contributed by atoms with Gasteiger partial charge in [-0.1, -0.05) is 6.92 Å². The van der Waals surface area contributed by atoms with E-state index in [9.17, 15) is 9.59 Å². The molecule has 2 aromatic rings. The minimum absolute atomic E-state index is 0.0509. The van der Waals surface area contributed by atoms with Crippen molar-refractivity contribution < 1.29 is 9.59 Å². The summed E-state index contributed by atoms with van der Waals surface area (Å²) in [6.07, 6.45) is 6.64. The molecule has 0 spiro atoms. The maximum atomic E-state index is 13.0. The predicted octanol–water partition coefficient (Wildman–Crippen LogP) is 2.49. The number of aromatic nitrogens is 2. The van der Waals surface area contributed by atoms with Crippen molar-refractivity contribution in [2.75, 3.05) is 19.6 Å². The Morgan fingerprint density at radius 1 is 1.19 bits per heavy atom. The number of benzene rings is 1. The van der Waals surface area contributed by atoms with E-state index in [1.54, 1.807) is 12.4 Å². The first-order chi connectivity index (χ1) is 12.7. The molecule has 0 saturated carbocycles. The van der Waals surface area contributed by atoms with Gasteiger partial charge in [0, 0.05) is 50.1 Å². The smallest absolute Gasteiger partial charge is 0.253 e. The number of fused-ring (bicyclic) bond motifs is 2. The molecule has 1 aromatic heterocycles. The fraction of sp³-hybridized carbons (Fsp3) is 0.500. The zero-order valence-electron chi connectivity index (χ0n) is 15.1. The van der Waals surface area contributed by atoms with Gasteiger partial charge in [-0.05, 0) is 43.4 Å². The molecular weight excluding hydrogens is 328 g/mol. The second kappa shape index (κ2) is 7.02. The molecular formula is C20H24N4O2. The van der Waals surface area contributed by atoms with Crippen LogP contribution in [0.2, 0.25) is 0 Å². The van der Waals surface area contributed by atoms with Crippen LogP contribution < -0.4 is 0 Å². The van der Waals surface area contributed by atoms with E-state index >= 15 is 0 Å². The molecule has 0 radical (unpaired) electrons. The van der Waals surface area contributed by atoms with E-state index in [1.807, 2.05) is 23.1 Å². The second-order valence-electron chi connectivity index (χ2n) is 7.25. The van der Waals surface area contributed by atoms with Crippen LogP contribution in [0.4, 0.5) is 0 Å². The first-order valence-corrected chi connectivity index (χ1v) is 9.47. The molecule has 0 aliphatic carbocycles. The van der Waals surface area contributed by atoms with Gasteiger partial charge >= 0.3 is 0 Å². The van der Waals surface area contributed by atoms with Crippen LogP contribution in [0.3, 0.4) is 0 Å². The summed E-state index contributed by atoms with van der Waals surface area (Å²) in [6.45, 7) is 4.37. The summed E-state index contributed by atoms with van der Waals surface area (Å²) in [6, 6.07) is 5.80. The molecule has 2 fully saturated rings. The standard InChI is InChI=1S/C20H24N4O2/c1-2-10-24-18-7-11-23(13-15(18)4-6-19(24)25)20(26)14-3-5-16-17(12-14)22-9-8-21-16/h3,5,8-9,12,15,18H,2,4,6-7,10-11,13H2,1H3. The van der Waals surface area contributed by atoms with Crippen molar-refractivity contribution in [2.45, 2.75) is 38.6 Å². The van der Waals surface area contributed by atoms with Crippen LogP contribution in [0.1, 0.15) is 43.0 Å². The topological polar surface area (TPSA) is 66.4 Å². The monoisotopic (exact) mass is 352 g/mol. The van der Waals surface area contributed by atoms with Crippen molar-refractivity contribution in [1.29, 1.82) is 0 Å². The molecule has 1 aromatic carbocycles. The number of carbonyl (C=O) groups excluding carboxylic acids is 2. The molecule has 136 valence electrons. The van der Waals surface area contributed by atoms with Gasteiger partial charge in [0.05, 0.1) is 11.0 Å². The summed E-state index contributed by atoms with van der Waals surface area (Å²) in [5.41, 5.74) is 2.20. The van der Waals surface area contributed by atoms with Crippen molar-refractivity contribution in [1.82, 2.24) is 19.8 Å². The maximum Gasteiger partial charge on any atom is 0.253 e. The van der Waals surface area contributed by atoms with Crippen LogP contribution in [0.15, 0.2) is 30.6 Å². The summed E-state index contributed by atoms with van der Waals surface area (Å²) in [4.78, 5) is 37.8. The molecule has 6 heteroatoms. The molecule has 0 N–H and O–H groups in total. The molecule has 0 bridgehead atoms. The van der Waals surface area contributed by atoms with E-state index in [0.29, 0.717) is 30.5 Å². The lowest BCUT2D eigenvalue weighted by Crippen LogP contribution is -2.57. The summed E-state index contributed by atoms with van der Waals surface area (Å²) >= 11 is 0. The highest BCUT2D eigenvalue weighted by atomic mass is 16.2. The van der Waals surface area contributed by atoms with E-state index in [1.165, 1.54) is 0 Å². The van der Waals surface area contributed by atoms with Gasteiger partial charge in [-0.3, -0.25) is 19.6 Å². The highest BCUT2D eigenvalue weighted by Crippen LogP contribution is 2.32. The Labute approximate surface area is 153 Å². The van der Waals surface area contributed by atoms with Crippen molar-refractivity contribution in [2.24, 2.45) is 5.92 Å². The Bertz CT molecular complexity index is 837. The van der Waals surface area contributed by atoms with Crippen molar-refractivity contribution in [3.05, 3.63) is 36.2 Å². The summed E-state index contributed by atoms with van der Waals surface area (Å²) in [7, 11) is 0. The fourth-order valence-corrected chi connectivity index (χ4v) is 4.35. The minimum Gasteiger partial charge on any atom is -0.339 e. The number of carbonyl (C=O) groups is 2. The SMILES string of the molecule is CCCN1C(=O)CCC2CN(C(=O)c3ccc4nccnc4c3)CCC21. The molecule has 2 aliphatic rings. The Kier molecular flexibility index (Phi) is 4.57. The Hall–Kier alpha value is -2.50. The maximum absolute atomic E-state index is 13.0.